The largest absolute Gasteiger partial charge is 0.515 e. The van der Waals surface area contributed by atoms with E-state index < -0.39 is 24.2 Å². The molecule has 2 rings (SSSR count). The first-order valence-electron chi connectivity index (χ1n) is 5.95. The fourth-order valence-electron chi connectivity index (χ4n) is 1.79. The van der Waals surface area contributed by atoms with Gasteiger partial charge in [-0.3, -0.25) is 9.78 Å². The van der Waals surface area contributed by atoms with Crippen LogP contribution < -0.4 is 11.3 Å². The van der Waals surface area contributed by atoms with Gasteiger partial charge in [0.15, 0.2) is 0 Å². The summed E-state index contributed by atoms with van der Waals surface area (Å²) in [6.07, 6.45) is 1.44. The van der Waals surface area contributed by atoms with Crippen molar-refractivity contribution in [2.75, 3.05) is 0 Å². The van der Waals surface area contributed by atoms with E-state index in [2.05, 4.69) is 4.98 Å². The summed E-state index contributed by atoms with van der Waals surface area (Å²) in [6, 6.07) is 1.47. The lowest BCUT2D eigenvalue weighted by Gasteiger charge is -2.32. The number of hydrogen-bond acceptors (Lipinski definition) is 4. The van der Waals surface area contributed by atoms with E-state index in [0.717, 1.165) is 0 Å². The molecule has 0 bridgehead atoms. The highest BCUT2D eigenvalue weighted by atomic mass is 35.5. The second-order valence-electron chi connectivity index (χ2n) is 5.54. The van der Waals surface area contributed by atoms with Gasteiger partial charge in [0, 0.05) is 6.20 Å². The third-order valence-electron chi connectivity index (χ3n) is 3.63. The summed E-state index contributed by atoms with van der Waals surface area (Å²) in [4.78, 5) is 15.6. The molecule has 1 aliphatic heterocycles. The predicted molar refractivity (Wildman–Crippen MR) is 73.5 cm³/mol. The van der Waals surface area contributed by atoms with Gasteiger partial charge in [-0.15, -0.1) is 0 Å². The number of nitrogens with zero attached hydrogens (tertiary/aromatic N) is 1. The van der Waals surface area contributed by atoms with E-state index in [1.165, 1.54) is 12.3 Å². The van der Waals surface area contributed by atoms with Crippen LogP contribution in [0.2, 0.25) is 5.02 Å². The minimum atomic E-state index is -0.732. The van der Waals surface area contributed by atoms with Crippen molar-refractivity contribution in [2.24, 2.45) is 5.73 Å². The molecule has 0 aromatic carbocycles. The van der Waals surface area contributed by atoms with Crippen LogP contribution in [0.5, 0.6) is 0 Å². The van der Waals surface area contributed by atoms with Gasteiger partial charge in [-0.25, -0.2) is 0 Å². The molecule has 1 saturated heterocycles. The molecule has 0 unspecified atom stereocenters. The first-order chi connectivity index (χ1) is 8.64. The van der Waals surface area contributed by atoms with Crippen molar-refractivity contribution >= 4 is 30.2 Å². The maximum absolute atomic E-state index is 11.5. The predicted octanol–water partition coefficient (Wildman–Crippen LogP) is 1.13. The van der Waals surface area contributed by atoms with E-state index in [-0.39, 0.29) is 5.56 Å². The van der Waals surface area contributed by atoms with E-state index in [1.807, 2.05) is 27.7 Å². The zero-order valence-corrected chi connectivity index (χ0v) is 12.1. The number of aromatic nitrogens is 1. The molecule has 0 aliphatic carbocycles. The number of carbonyl (C=O) groups is 1. The molecule has 0 saturated carbocycles. The van der Waals surface area contributed by atoms with E-state index in [4.69, 9.17) is 26.6 Å². The number of rotatable bonds is 2. The number of primary amides is 1. The van der Waals surface area contributed by atoms with Gasteiger partial charge in [0.2, 0.25) is 5.91 Å². The molecule has 102 valence electrons. The van der Waals surface area contributed by atoms with Crippen molar-refractivity contribution in [1.29, 1.82) is 0 Å². The van der Waals surface area contributed by atoms with Crippen molar-refractivity contribution < 1.29 is 14.1 Å². The van der Waals surface area contributed by atoms with Crippen LogP contribution in [0.1, 0.15) is 38.1 Å². The van der Waals surface area contributed by atoms with Crippen molar-refractivity contribution in [3.05, 3.63) is 22.8 Å². The van der Waals surface area contributed by atoms with Crippen molar-refractivity contribution in [2.45, 2.75) is 38.9 Å². The third kappa shape index (κ3) is 2.48. The lowest BCUT2D eigenvalue weighted by atomic mass is 9.80. The number of nitrogens with two attached hydrogens (primary N) is 1. The minimum Gasteiger partial charge on any atom is -0.398 e. The van der Waals surface area contributed by atoms with Crippen molar-refractivity contribution in [1.82, 2.24) is 4.98 Å². The minimum absolute atomic E-state index is 0.214. The topological polar surface area (TPSA) is 74.4 Å². The maximum Gasteiger partial charge on any atom is 0.515 e. The van der Waals surface area contributed by atoms with Gasteiger partial charge in [-0.1, -0.05) is 11.6 Å². The summed E-state index contributed by atoms with van der Waals surface area (Å²) in [7, 11) is -0.732. The lowest BCUT2D eigenvalue weighted by Crippen LogP contribution is -2.41. The highest BCUT2D eigenvalue weighted by molar-refractivity contribution is 6.62. The first-order valence-corrected chi connectivity index (χ1v) is 6.33. The fourth-order valence-corrected chi connectivity index (χ4v) is 1.95. The quantitative estimate of drug-likeness (QED) is 0.825. The van der Waals surface area contributed by atoms with Gasteiger partial charge < -0.3 is 15.0 Å². The zero-order valence-electron chi connectivity index (χ0n) is 11.4. The molecule has 7 heteroatoms. The Labute approximate surface area is 117 Å². The molecule has 0 radical (unpaired) electrons. The average Bonchev–Trinajstić information content (AvgIpc) is 2.47. The molecular weight excluding hydrogens is 266 g/mol. The standard InChI is InChI=1S/C12H16BClN2O3/c1-11(2)12(3,4)19-13(18-11)9-8(10(15)17)5-7(14)6-16-9/h5-6H,1-4H3,(H2,15,17). The summed E-state index contributed by atoms with van der Waals surface area (Å²) in [5.41, 5.74) is 4.90. The zero-order chi connectivity index (χ0) is 14.4. The highest BCUT2D eigenvalue weighted by Crippen LogP contribution is 2.36. The highest BCUT2D eigenvalue weighted by Gasteiger charge is 2.53. The molecule has 1 amide bonds. The number of hydrogen-bond donors (Lipinski definition) is 1. The van der Waals surface area contributed by atoms with Gasteiger partial charge in [-0.05, 0) is 33.8 Å². The molecule has 0 spiro atoms. The van der Waals surface area contributed by atoms with Gasteiger partial charge in [0.05, 0.1) is 27.4 Å². The normalized spacial score (nSPS) is 20.6. The Morgan fingerprint density at radius 3 is 2.32 bits per heavy atom. The van der Waals surface area contributed by atoms with E-state index in [0.29, 0.717) is 10.6 Å². The van der Waals surface area contributed by atoms with Crippen LogP contribution in [0.15, 0.2) is 12.3 Å². The van der Waals surface area contributed by atoms with Crippen molar-refractivity contribution in [3.8, 4) is 0 Å². The Balaban J connectivity index is 2.42. The molecule has 1 aromatic heterocycles. The smallest absolute Gasteiger partial charge is 0.398 e. The van der Waals surface area contributed by atoms with E-state index in [9.17, 15) is 4.79 Å². The monoisotopic (exact) mass is 282 g/mol. The molecular formula is C12H16BClN2O3. The van der Waals surface area contributed by atoms with Gasteiger partial charge in [-0.2, -0.15) is 0 Å². The van der Waals surface area contributed by atoms with Gasteiger partial charge in [0.1, 0.15) is 0 Å². The van der Waals surface area contributed by atoms with E-state index >= 15 is 0 Å². The summed E-state index contributed by atoms with van der Waals surface area (Å²) in [6.45, 7) is 7.69. The van der Waals surface area contributed by atoms with E-state index in [1.54, 1.807) is 0 Å². The second kappa shape index (κ2) is 4.47. The molecule has 0 atom stereocenters. The maximum atomic E-state index is 11.5. The number of halogens is 1. The average molecular weight is 283 g/mol. The fraction of sp³-hybridized carbons (Fsp3) is 0.500. The Morgan fingerprint density at radius 1 is 1.32 bits per heavy atom. The lowest BCUT2D eigenvalue weighted by molar-refractivity contribution is 0.00578. The Hall–Kier alpha value is -1.11. The molecule has 1 aliphatic rings. The second-order valence-corrected chi connectivity index (χ2v) is 5.98. The van der Waals surface area contributed by atoms with Crippen LogP contribution in [0, 0.1) is 0 Å². The van der Waals surface area contributed by atoms with Crippen LogP contribution in [0.25, 0.3) is 0 Å². The Bertz CT molecular complexity index is 518. The Morgan fingerprint density at radius 2 is 1.84 bits per heavy atom. The summed E-state index contributed by atoms with van der Waals surface area (Å²) in [5.74, 6) is -0.611. The number of amides is 1. The summed E-state index contributed by atoms with van der Waals surface area (Å²) < 4.78 is 11.7. The summed E-state index contributed by atoms with van der Waals surface area (Å²) >= 11 is 5.83. The van der Waals surface area contributed by atoms with Gasteiger partial charge in [0.25, 0.3) is 0 Å². The third-order valence-corrected chi connectivity index (χ3v) is 3.83. The van der Waals surface area contributed by atoms with Crippen LogP contribution >= 0.6 is 11.6 Å². The van der Waals surface area contributed by atoms with Crippen LogP contribution in [0.3, 0.4) is 0 Å². The van der Waals surface area contributed by atoms with Crippen LogP contribution in [-0.4, -0.2) is 29.2 Å². The SMILES string of the molecule is CC1(C)OB(c2ncc(Cl)cc2C(N)=O)OC1(C)C. The first kappa shape index (κ1) is 14.3. The molecule has 1 fully saturated rings. The van der Waals surface area contributed by atoms with Crippen LogP contribution in [-0.2, 0) is 9.31 Å². The van der Waals surface area contributed by atoms with Crippen LogP contribution in [0.4, 0.5) is 0 Å². The molecule has 19 heavy (non-hydrogen) atoms. The molecule has 1 aromatic rings. The number of pyridine rings is 1. The van der Waals surface area contributed by atoms with Crippen molar-refractivity contribution in [3.63, 3.8) is 0 Å². The molecule has 2 heterocycles. The number of carbonyl (C=O) groups excluding carboxylic acids is 1. The molecule has 5 nitrogen and oxygen atoms in total. The molecule has 2 N–H and O–H groups in total. The summed E-state index contributed by atoms with van der Waals surface area (Å²) in [5, 5.41) is 0.342. The Kier molecular flexibility index (Phi) is 3.37. The van der Waals surface area contributed by atoms with Gasteiger partial charge >= 0.3 is 7.12 Å².